The molecule has 78 valence electrons. The summed E-state index contributed by atoms with van der Waals surface area (Å²) in [4.78, 5) is 0. The van der Waals surface area contributed by atoms with Gasteiger partial charge in [-0.1, -0.05) is 34.1 Å². The van der Waals surface area contributed by atoms with E-state index in [0.717, 1.165) is 5.92 Å². The maximum atomic E-state index is 10.1. The molecule has 0 aromatic rings. The third-order valence-corrected chi connectivity index (χ3v) is 3.85. The SMILES string of the molecule is CCC(C)C1CC(C)CC(C)C1O. The molecule has 13 heavy (non-hydrogen) atoms. The van der Waals surface area contributed by atoms with Gasteiger partial charge in [-0.3, -0.25) is 0 Å². The summed E-state index contributed by atoms with van der Waals surface area (Å²) in [5, 5.41) is 10.1. The fourth-order valence-corrected chi connectivity index (χ4v) is 2.77. The maximum absolute atomic E-state index is 10.1. The Labute approximate surface area is 82.5 Å². The summed E-state index contributed by atoms with van der Waals surface area (Å²) in [5.41, 5.74) is 0. The van der Waals surface area contributed by atoms with Crippen molar-refractivity contribution in [2.75, 3.05) is 0 Å². The van der Waals surface area contributed by atoms with Crippen LogP contribution in [0.1, 0.15) is 47.0 Å². The minimum Gasteiger partial charge on any atom is -0.393 e. The van der Waals surface area contributed by atoms with Gasteiger partial charge in [-0.15, -0.1) is 0 Å². The normalized spacial score (nSPS) is 43.2. The Morgan fingerprint density at radius 1 is 1.31 bits per heavy atom. The maximum Gasteiger partial charge on any atom is 0.0596 e. The van der Waals surface area contributed by atoms with Gasteiger partial charge >= 0.3 is 0 Å². The molecule has 1 heteroatoms. The number of aliphatic hydroxyl groups excluding tert-OH is 1. The molecule has 0 aromatic carbocycles. The average Bonchev–Trinajstić information content (AvgIpc) is 2.10. The number of hydrogen-bond donors (Lipinski definition) is 1. The first kappa shape index (κ1) is 11.0. The lowest BCUT2D eigenvalue weighted by atomic mass is 9.69. The van der Waals surface area contributed by atoms with E-state index >= 15 is 0 Å². The molecule has 1 saturated carbocycles. The van der Waals surface area contributed by atoms with Crippen LogP contribution in [-0.2, 0) is 0 Å². The molecule has 0 bridgehead atoms. The first-order valence-corrected chi connectivity index (χ1v) is 5.74. The lowest BCUT2D eigenvalue weighted by Crippen LogP contribution is -2.38. The van der Waals surface area contributed by atoms with Gasteiger partial charge in [0.1, 0.15) is 0 Å². The van der Waals surface area contributed by atoms with Crippen LogP contribution in [0.25, 0.3) is 0 Å². The highest BCUT2D eigenvalue weighted by Gasteiger charge is 2.34. The second-order valence-electron chi connectivity index (χ2n) is 5.09. The Morgan fingerprint density at radius 2 is 1.92 bits per heavy atom. The summed E-state index contributed by atoms with van der Waals surface area (Å²) in [6, 6.07) is 0. The molecule has 0 spiro atoms. The summed E-state index contributed by atoms with van der Waals surface area (Å²) < 4.78 is 0. The molecule has 0 aromatic heterocycles. The fourth-order valence-electron chi connectivity index (χ4n) is 2.77. The molecule has 0 amide bonds. The van der Waals surface area contributed by atoms with Crippen LogP contribution in [0.2, 0.25) is 0 Å². The van der Waals surface area contributed by atoms with Crippen LogP contribution in [-0.4, -0.2) is 11.2 Å². The van der Waals surface area contributed by atoms with Gasteiger partial charge in [0.15, 0.2) is 0 Å². The van der Waals surface area contributed by atoms with Crippen molar-refractivity contribution in [2.24, 2.45) is 23.7 Å². The molecule has 0 heterocycles. The second kappa shape index (κ2) is 4.45. The largest absolute Gasteiger partial charge is 0.393 e. The fraction of sp³-hybridized carbons (Fsp3) is 1.00. The molecule has 5 unspecified atom stereocenters. The zero-order valence-electron chi connectivity index (χ0n) is 9.46. The molecule has 1 fully saturated rings. The van der Waals surface area contributed by atoms with Gasteiger partial charge in [0.25, 0.3) is 0 Å². The standard InChI is InChI=1S/C12H24O/c1-5-9(3)11-7-8(2)6-10(4)12(11)13/h8-13H,5-7H2,1-4H3. The van der Waals surface area contributed by atoms with Gasteiger partial charge in [0, 0.05) is 0 Å². The summed E-state index contributed by atoms with van der Waals surface area (Å²) in [6.45, 7) is 9.01. The highest BCUT2D eigenvalue weighted by atomic mass is 16.3. The van der Waals surface area contributed by atoms with Crippen LogP contribution >= 0.6 is 0 Å². The quantitative estimate of drug-likeness (QED) is 0.699. The summed E-state index contributed by atoms with van der Waals surface area (Å²) in [7, 11) is 0. The number of rotatable bonds is 2. The van der Waals surface area contributed by atoms with Gasteiger partial charge in [-0.25, -0.2) is 0 Å². The Bertz CT molecular complexity index is 155. The van der Waals surface area contributed by atoms with E-state index in [4.69, 9.17) is 0 Å². The predicted octanol–water partition coefficient (Wildman–Crippen LogP) is 3.08. The molecule has 5 atom stereocenters. The third kappa shape index (κ3) is 2.46. The van der Waals surface area contributed by atoms with Crippen molar-refractivity contribution in [3.8, 4) is 0 Å². The van der Waals surface area contributed by atoms with Crippen molar-refractivity contribution in [3.05, 3.63) is 0 Å². The molecule has 1 rings (SSSR count). The van der Waals surface area contributed by atoms with Crippen molar-refractivity contribution in [1.29, 1.82) is 0 Å². The van der Waals surface area contributed by atoms with Crippen LogP contribution in [0, 0.1) is 23.7 Å². The predicted molar refractivity (Wildman–Crippen MR) is 56.5 cm³/mol. The van der Waals surface area contributed by atoms with Crippen LogP contribution in [0.15, 0.2) is 0 Å². The highest BCUT2D eigenvalue weighted by Crippen LogP contribution is 2.38. The summed E-state index contributed by atoms with van der Waals surface area (Å²) in [6.07, 6.45) is 3.57. The Hall–Kier alpha value is -0.0400. The van der Waals surface area contributed by atoms with Crippen molar-refractivity contribution >= 4 is 0 Å². The Kier molecular flexibility index (Phi) is 3.78. The van der Waals surface area contributed by atoms with Crippen LogP contribution in [0.4, 0.5) is 0 Å². The lowest BCUT2D eigenvalue weighted by Gasteiger charge is -2.39. The minimum atomic E-state index is -0.0499. The topological polar surface area (TPSA) is 20.2 Å². The van der Waals surface area contributed by atoms with E-state index in [2.05, 4.69) is 27.7 Å². The van der Waals surface area contributed by atoms with E-state index in [1.54, 1.807) is 0 Å². The zero-order valence-corrected chi connectivity index (χ0v) is 9.46. The Morgan fingerprint density at radius 3 is 2.46 bits per heavy atom. The lowest BCUT2D eigenvalue weighted by molar-refractivity contribution is -0.0167. The number of hydrogen-bond acceptors (Lipinski definition) is 1. The van der Waals surface area contributed by atoms with Crippen molar-refractivity contribution in [3.63, 3.8) is 0 Å². The molecule has 0 aliphatic heterocycles. The highest BCUT2D eigenvalue weighted by molar-refractivity contribution is 4.84. The monoisotopic (exact) mass is 184 g/mol. The summed E-state index contributed by atoms with van der Waals surface area (Å²) >= 11 is 0. The van der Waals surface area contributed by atoms with Gasteiger partial charge in [0.05, 0.1) is 6.10 Å². The van der Waals surface area contributed by atoms with Crippen molar-refractivity contribution in [2.45, 2.75) is 53.1 Å². The second-order valence-corrected chi connectivity index (χ2v) is 5.09. The molecule has 0 radical (unpaired) electrons. The third-order valence-electron chi connectivity index (χ3n) is 3.85. The molecule has 1 nitrogen and oxygen atoms in total. The van der Waals surface area contributed by atoms with Gasteiger partial charge < -0.3 is 5.11 Å². The van der Waals surface area contributed by atoms with Crippen molar-refractivity contribution < 1.29 is 5.11 Å². The van der Waals surface area contributed by atoms with E-state index in [0.29, 0.717) is 17.8 Å². The van der Waals surface area contributed by atoms with Crippen LogP contribution in [0.5, 0.6) is 0 Å². The molecular formula is C12H24O. The van der Waals surface area contributed by atoms with E-state index in [1.807, 2.05) is 0 Å². The minimum absolute atomic E-state index is 0.0499. The molecular weight excluding hydrogens is 160 g/mol. The first-order chi connectivity index (χ1) is 6.06. The smallest absolute Gasteiger partial charge is 0.0596 e. The van der Waals surface area contributed by atoms with E-state index in [9.17, 15) is 5.11 Å². The number of aliphatic hydroxyl groups is 1. The first-order valence-electron chi connectivity index (χ1n) is 5.74. The van der Waals surface area contributed by atoms with E-state index < -0.39 is 0 Å². The van der Waals surface area contributed by atoms with Gasteiger partial charge in [-0.05, 0) is 36.5 Å². The van der Waals surface area contributed by atoms with E-state index in [1.165, 1.54) is 19.3 Å². The van der Waals surface area contributed by atoms with Gasteiger partial charge in [0.2, 0.25) is 0 Å². The van der Waals surface area contributed by atoms with E-state index in [-0.39, 0.29) is 6.10 Å². The molecule has 0 saturated heterocycles. The van der Waals surface area contributed by atoms with Crippen LogP contribution < -0.4 is 0 Å². The molecule has 1 aliphatic rings. The Balaban J connectivity index is 2.60. The van der Waals surface area contributed by atoms with Crippen molar-refractivity contribution in [1.82, 2.24) is 0 Å². The van der Waals surface area contributed by atoms with Gasteiger partial charge in [-0.2, -0.15) is 0 Å². The molecule has 1 aliphatic carbocycles. The zero-order chi connectivity index (χ0) is 10.0. The van der Waals surface area contributed by atoms with Crippen LogP contribution in [0.3, 0.4) is 0 Å². The summed E-state index contributed by atoms with van der Waals surface area (Å²) in [5.74, 6) is 2.53. The molecule has 1 N–H and O–H groups in total. The average molecular weight is 184 g/mol.